The first-order valence-electron chi connectivity index (χ1n) is 6.40. The number of rotatable bonds is 8. The molecule has 0 aromatic rings. The van der Waals surface area contributed by atoms with Crippen LogP contribution in [0.25, 0.3) is 0 Å². The van der Waals surface area contributed by atoms with Crippen LogP contribution in [0.5, 0.6) is 0 Å². The second-order valence-electron chi connectivity index (χ2n) is 4.81. The van der Waals surface area contributed by atoms with Gasteiger partial charge in [0.25, 0.3) is 0 Å². The Morgan fingerprint density at radius 1 is 1.37 bits per heavy atom. The van der Waals surface area contributed by atoms with Crippen molar-refractivity contribution >= 4 is 5.97 Å². The summed E-state index contributed by atoms with van der Waals surface area (Å²) >= 11 is 0. The second kappa shape index (κ2) is 6.56. The van der Waals surface area contributed by atoms with Crippen LogP contribution in [-0.4, -0.2) is 37.5 Å². The first kappa shape index (κ1) is 16.2. The Balaban J connectivity index is 2.32. The summed E-state index contributed by atoms with van der Waals surface area (Å²) in [5.74, 6) is -0.525. The largest absolute Gasteiger partial charge is 0.465 e. The third-order valence-corrected chi connectivity index (χ3v) is 3.05. The lowest BCUT2D eigenvalue weighted by atomic mass is 9.96. The highest BCUT2D eigenvalue weighted by Crippen LogP contribution is 2.39. The topological polar surface area (TPSA) is 61.5 Å². The molecule has 19 heavy (non-hydrogen) atoms. The molecule has 4 nitrogen and oxygen atoms in total. The predicted molar refractivity (Wildman–Crippen MR) is 62.4 cm³/mol. The Labute approximate surface area is 110 Å². The normalized spacial score (nSPS) is 19.0. The number of hydrogen-bond acceptors (Lipinski definition) is 4. The summed E-state index contributed by atoms with van der Waals surface area (Å²) in [6.07, 6.45) is -3.57. The molecule has 0 aromatic carbocycles. The van der Waals surface area contributed by atoms with Crippen molar-refractivity contribution in [3.05, 3.63) is 0 Å². The summed E-state index contributed by atoms with van der Waals surface area (Å²) in [5, 5.41) is 0. The molecule has 1 aliphatic carbocycles. The maximum absolute atomic E-state index is 11.9. The Kier molecular flexibility index (Phi) is 5.61. The van der Waals surface area contributed by atoms with Crippen LogP contribution in [0.15, 0.2) is 0 Å². The summed E-state index contributed by atoms with van der Waals surface area (Å²) < 4.78 is 45.8. The molecule has 1 rings (SSSR count). The smallest absolute Gasteiger partial charge is 0.389 e. The van der Waals surface area contributed by atoms with Gasteiger partial charge in [0.1, 0.15) is 5.54 Å². The van der Waals surface area contributed by atoms with Crippen molar-refractivity contribution in [3.63, 3.8) is 0 Å². The van der Waals surface area contributed by atoms with Crippen molar-refractivity contribution in [1.82, 2.24) is 0 Å². The van der Waals surface area contributed by atoms with Gasteiger partial charge in [-0.15, -0.1) is 0 Å². The molecule has 0 amide bonds. The molecule has 0 spiro atoms. The maximum Gasteiger partial charge on any atom is 0.389 e. The average Bonchev–Trinajstić information content (AvgIpc) is 3.11. The van der Waals surface area contributed by atoms with Crippen molar-refractivity contribution in [2.45, 2.75) is 44.3 Å². The van der Waals surface area contributed by atoms with E-state index in [1.54, 1.807) is 6.92 Å². The number of hydrogen-bond donors (Lipinski definition) is 1. The van der Waals surface area contributed by atoms with Gasteiger partial charge in [0.05, 0.1) is 13.2 Å². The third-order valence-electron chi connectivity index (χ3n) is 3.05. The Bertz CT molecular complexity index is 305. The monoisotopic (exact) mass is 283 g/mol. The molecule has 1 fully saturated rings. The van der Waals surface area contributed by atoms with Crippen LogP contribution in [0.2, 0.25) is 0 Å². The summed E-state index contributed by atoms with van der Waals surface area (Å²) in [5.41, 5.74) is 4.77. The van der Waals surface area contributed by atoms with E-state index >= 15 is 0 Å². The van der Waals surface area contributed by atoms with E-state index in [0.29, 0.717) is 0 Å². The zero-order valence-electron chi connectivity index (χ0n) is 11.0. The second-order valence-corrected chi connectivity index (χ2v) is 4.81. The van der Waals surface area contributed by atoms with Crippen LogP contribution in [0.3, 0.4) is 0 Å². The van der Waals surface area contributed by atoms with Crippen molar-refractivity contribution < 1.29 is 27.4 Å². The van der Waals surface area contributed by atoms with Gasteiger partial charge in [-0.2, -0.15) is 13.2 Å². The van der Waals surface area contributed by atoms with Gasteiger partial charge in [0, 0.05) is 13.0 Å². The minimum atomic E-state index is -4.18. The Morgan fingerprint density at radius 2 is 2.00 bits per heavy atom. The summed E-state index contributed by atoms with van der Waals surface area (Å²) in [4.78, 5) is 11.8. The number of alkyl halides is 3. The van der Waals surface area contributed by atoms with Crippen LogP contribution in [0.1, 0.15) is 32.6 Å². The van der Waals surface area contributed by atoms with Gasteiger partial charge in [-0.25, -0.2) is 4.79 Å². The minimum absolute atomic E-state index is 0.00849. The number of esters is 1. The Morgan fingerprint density at radius 3 is 2.47 bits per heavy atom. The molecule has 0 bridgehead atoms. The molecule has 1 aliphatic rings. The van der Waals surface area contributed by atoms with E-state index in [4.69, 9.17) is 15.2 Å². The van der Waals surface area contributed by atoms with Gasteiger partial charge >= 0.3 is 12.1 Å². The van der Waals surface area contributed by atoms with Crippen molar-refractivity contribution in [3.8, 4) is 0 Å². The van der Waals surface area contributed by atoms with Gasteiger partial charge in [-0.1, -0.05) is 0 Å². The predicted octanol–water partition coefficient (Wildman–Crippen LogP) is 2.02. The highest BCUT2D eigenvalue weighted by molar-refractivity contribution is 5.81. The van der Waals surface area contributed by atoms with Gasteiger partial charge in [-0.05, 0) is 32.1 Å². The summed E-state index contributed by atoms with van der Waals surface area (Å²) in [6.45, 7) is 1.74. The molecular weight excluding hydrogens is 263 g/mol. The SMILES string of the molecule is CCOC(=O)C(N)(COCCCC(F)(F)F)C1CC1. The zero-order valence-corrected chi connectivity index (χ0v) is 11.0. The van der Waals surface area contributed by atoms with E-state index in [1.165, 1.54) is 0 Å². The van der Waals surface area contributed by atoms with Crippen LogP contribution >= 0.6 is 0 Å². The summed E-state index contributed by atoms with van der Waals surface area (Å²) in [6, 6.07) is 0. The highest BCUT2D eigenvalue weighted by atomic mass is 19.4. The lowest BCUT2D eigenvalue weighted by molar-refractivity contribution is -0.154. The average molecular weight is 283 g/mol. The maximum atomic E-state index is 11.9. The van der Waals surface area contributed by atoms with E-state index in [1.807, 2.05) is 0 Å². The molecule has 0 aromatic heterocycles. The first-order chi connectivity index (χ1) is 8.79. The zero-order chi connectivity index (χ0) is 14.5. The van der Waals surface area contributed by atoms with Crippen molar-refractivity contribution in [1.29, 1.82) is 0 Å². The van der Waals surface area contributed by atoms with Crippen LogP contribution < -0.4 is 5.73 Å². The lowest BCUT2D eigenvalue weighted by Crippen LogP contribution is -2.55. The molecule has 0 radical (unpaired) electrons. The molecule has 112 valence electrons. The van der Waals surface area contributed by atoms with E-state index in [-0.39, 0.29) is 32.2 Å². The van der Waals surface area contributed by atoms with E-state index in [0.717, 1.165) is 12.8 Å². The molecule has 1 saturated carbocycles. The number of halogens is 3. The molecule has 2 N–H and O–H groups in total. The van der Waals surface area contributed by atoms with Crippen molar-refractivity contribution in [2.75, 3.05) is 19.8 Å². The number of carbonyl (C=O) groups is 1. The van der Waals surface area contributed by atoms with Gasteiger partial charge in [0.15, 0.2) is 0 Å². The van der Waals surface area contributed by atoms with Crippen LogP contribution in [-0.2, 0) is 14.3 Å². The quantitative estimate of drug-likeness (QED) is 0.547. The molecule has 7 heteroatoms. The van der Waals surface area contributed by atoms with Crippen LogP contribution in [0.4, 0.5) is 13.2 Å². The van der Waals surface area contributed by atoms with E-state index in [9.17, 15) is 18.0 Å². The van der Waals surface area contributed by atoms with Gasteiger partial charge < -0.3 is 15.2 Å². The molecule has 0 heterocycles. The van der Waals surface area contributed by atoms with Gasteiger partial charge in [-0.3, -0.25) is 0 Å². The highest BCUT2D eigenvalue weighted by Gasteiger charge is 2.49. The van der Waals surface area contributed by atoms with Crippen LogP contribution in [0, 0.1) is 5.92 Å². The lowest BCUT2D eigenvalue weighted by Gasteiger charge is -2.26. The number of nitrogens with two attached hydrogens (primary N) is 1. The number of ether oxygens (including phenoxy) is 2. The van der Waals surface area contributed by atoms with Crippen molar-refractivity contribution in [2.24, 2.45) is 11.7 Å². The van der Waals surface area contributed by atoms with E-state index < -0.39 is 24.1 Å². The fourth-order valence-corrected chi connectivity index (χ4v) is 1.82. The van der Waals surface area contributed by atoms with Gasteiger partial charge in [0.2, 0.25) is 0 Å². The standard InChI is InChI=1S/C12H20F3NO3/c1-2-19-10(17)11(16,9-4-5-9)8-18-7-3-6-12(13,14)15/h9H,2-8,16H2,1H3. The molecular formula is C12H20F3NO3. The Hall–Kier alpha value is -0.820. The fourth-order valence-electron chi connectivity index (χ4n) is 1.82. The number of carbonyl (C=O) groups excluding carboxylic acids is 1. The minimum Gasteiger partial charge on any atom is -0.465 e. The van der Waals surface area contributed by atoms with E-state index in [2.05, 4.69) is 0 Å². The third kappa shape index (κ3) is 5.36. The summed E-state index contributed by atoms with van der Waals surface area (Å²) in [7, 11) is 0. The molecule has 1 atom stereocenters. The molecule has 0 saturated heterocycles. The molecule has 1 unspecified atom stereocenters. The first-order valence-corrected chi connectivity index (χ1v) is 6.40. The fraction of sp³-hybridized carbons (Fsp3) is 0.917. The molecule has 0 aliphatic heterocycles.